The van der Waals surface area contributed by atoms with Crippen molar-refractivity contribution in [2.24, 2.45) is 0 Å². The summed E-state index contributed by atoms with van der Waals surface area (Å²) in [6, 6.07) is 0. The minimum Gasteiger partial charge on any atom is -0.491 e. The molecule has 0 fully saturated rings. The van der Waals surface area contributed by atoms with E-state index in [2.05, 4.69) is 0 Å². The maximum absolute atomic E-state index is 11.4. The molecule has 0 aromatic rings. The Balaban J connectivity index is 3.12. The Labute approximate surface area is 138 Å². The molecule has 0 aromatic heterocycles. The third-order valence-electron chi connectivity index (χ3n) is 2.89. The van der Waals surface area contributed by atoms with Crippen LogP contribution in [0.1, 0.15) is 27.7 Å². The Morgan fingerprint density at radius 3 is 1.88 bits per heavy atom. The number of hydrogen-bond acceptors (Lipinski definition) is 9. The summed E-state index contributed by atoms with van der Waals surface area (Å²) in [6.45, 7) is 4.46. The van der Waals surface area contributed by atoms with E-state index in [1.54, 1.807) is 0 Å². The molecule has 9 nitrogen and oxygen atoms in total. The highest BCUT2D eigenvalue weighted by Crippen LogP contribution is 2.23. The summed E-state index contributed by atoms with van der Waals surface area (Å²) in [5.41, 5.74) is 0. The van der Waals surface area contributed by atoms with Gasteiger partial charge in [-0.25, -0.2) is 0 Å². The van der Waals surface area contributed by atoms with E-state index >= 15 is 0 Å². The molecule has 0 amide bonds. The van der Waals surface area contributed by atoms with Crippen molar-refractivity contribution in [2.45, 2.75) is 52.1 Å². The third kappa shape index (κ3) is 6.27. The molecule has 24 heavy (non-hydrogen) atoms. The van der Waals surface area contributed by atoms with Crippen molar-refractivity contribution in [3.63, 3.8) is 0 Å². The maximum Gasteiger partial charge on any atom is 0.303 e. The largest absolute Gasteiger partial charge is 0.491 e. The van der Waals surface area contributed by atoms with Crippen LogP contribution in [0.3, 0.4) is 0 Å². The van der Waals surface area contributed by atoms with Gasteiger partial charge in [-0.2, -0.15) is 0 Å². The standard InChI is InChI=1S/C15H20O9/c1-8(16)21-7-13-15(24-11(4)19)14(23-10(3)18)12(5-6-20-13)22-9(2)17/h5-6,12-15H,7H2,1-4H3/t12-,13+,14+,15+/m0/s1. The van der Waals surface area contributed by atoms with E-state index in [1.165, 1.54) is 26.2 Å². The molecule has 1 heterocycles. The summed E-state index contributed by atoms with van der Waals surface area (Å²) in [4.78, 5) is 45.1. The van der Waals surface area contributed by atoms with E-state index in [4.69, 9.17) is 23.7 Å². The Bertz CT molecular complexity index is 525. The van der Waals surface area contributed by atoms with Gasteiger partial charge >= 0.3 is 23.9 Å². The fourth-order valence-corrected chi connectivity index (χ4v) is 2.10. The highest BCUT2D eigenvalue weighted by Gasteiger charge is 2.43. The van der Waals surface area contributed by atoms with Crippen LogP contribution in [0.25, 0.3) is 0 Å². The normalized spacial score (nSPS) is 25.7. The van der Waals surface area contributed by atoms with Crippen LogP contribution in [0.15, 0.2) is 12.3 Å². The lowest BCUT2D eigenvalue weighted by atomic mass is 10.0. The average molecular weight is 344 g/mol. The average Bonchev–Trinajstić information content (AvgIpc) is 2.57. The van der Waals surface area contributed by atoms with Gasteiger partial charge in [0.05, 0.1) is 6.26 Å². The SMILES string of the molecule is CC(=O)OC[C@H]1OC=C[C@H](OC(C)=O)[C@@H](OC(C)=O)[C@@H]1OC(C)=O. The maximum atomic E-state index is 11.4. The van der Waals surface area contributed by atoms with Crippen molar-refractivity contribution < 1.29 is 42.9 Å². The molecule has 0 saturated carbocycles. The molecule has 0 N–H and O–H groups in total. The molecule has 4 atom stereocenters. The first-order chi connectivity index (χ1) is 11.2. The summed E-state index contributed by atoms with van der Waals surface area (Å²) in [7, 11) is 0. The fraction of sp³-hybridized carbons (Fsp3) is 0.600. The first-order valence-electron chi connectivity index (χ1n) is 7.18. The molecule has 0 aliphatic carbocycles. The summed E-state index contributed by atoms with van der Waals surface area (Å²) in [6.07, 6.45) is -1.72. The van der Waals surface area contributed by atoms with Crippen LogP contribution in [0, 0.1) is 0 Å². The summed E-state index contributed by atoms with van der Waals surface area (Å²) in [5, 5.41) is 0. The van der Waals surface area contributed by atoms with E-state index < -0.39 is 48.3 Å². The molecule has 9 heteroatoms. The number of rotatable bonds is 5. The minimum atomic E-state index is -1.16. The second kappa shape index (κ2) is 8.90. The van der Waals surface area contributed by atoms with Crippen LogP contribution in [-0.2, 0) is 42.9 Å². The monoisotopic (exact) mass is 344 g/mol. The predicted octanol–water partition coefficient (Wildman–Crippen LogP) is 0.257. The zero-order valence-corrected chi connectivity index (χ0v) is 13.8. The third-order valence-corrected chi connectivity index (χ3v) is 2.89. The van der Waals surface area contributed by atoms with E-state index in [-0.39, 0.29) is 6.61 Å². The molecule has 1 aliphatic heterocycles. The van der Waals surface area contributed by atoms with E-state index in [0.29, 0.717) is 0 Å². The molecule has 0 unspecified atom stereocenters. The van der Waals surface area contributed by atoms with Crippen LogP contribution in [0.2, 0.25) is 0 Å². The second-order valence-corrected chi connectivity index (χ2v) is 5.03. The van der Waals surface area contributed by atoms with Gasteiger partial charge in [-0.15, -0.1) is 0 Å². The fourth-order valence-electron chi connectivity index (χ4n) is 2.10. The first-order valence-corrected chi connectivity index (χ1v) is 7.18. The molecule has 0 bridgehead atoms. The Kier molecular flexibility index (Phi) is 7.22. The number of carbonyl (C=O) groups excluding carboxylic acids is 4. The van der Waals surface area contributed by atoms with Gasteiger partial charge in [0, 0.05) is 27.7 Å². The van der Waals surface area contributed by atoms with Crippen LogP contribution in [0.5, 0.6) is 0 Å². The molecule has 0 radical (unpaired) electrons. The number of carbonyl (C=O) groups is 4. The molecule has 0 spiro atoms. The van der Waals surface area contributed by atoms with E-state index in [0.717, 1.165) is 13.8 Å². The van der Waals surface area contributed by atoms with Gasteiger partial charge in [-0.05, 0) is 6.08 Å². The smallest absolute Gasteiger partial charge is 0.303 e. The van der Waals surface area contributed by atoms with Gasteiger partial charge in [0.15, 0.2) is 24.4 Å². The zero-order valence-electron chi connectivity index (χ0n) is 13.8. The zero-order chi connectivity index (χ0) is 18.3. The lowest BCUT2D eigenvalue weighted by Crippen LogP contribution is -2.50. The second-order valence-electron chi connectivity index (χ2n) is 5.03. The van der Waals surface area contributed by atoms with Crippen LogP contribution in [-0.4, -0.2) is 54.9 Å². The minimum absolute atomic E-state index is 0.248. The van der Waals surface area contributed by atoms with Gasteiger partial charge in [0.25, 0.3) is 0 Å². The molecule has 1 rings (SSSR count). The van der Waals surface area contributed by atoms with Crippen molar-refractivity contribution in [1.29, 1.82) is 0 Å². The van der Waals surface area contributed by atoms with Gasteiger partial charge in [-0.1, -0.05) is 0 Å². The number of hydrogen-bond donors (Lipinski definition) is 0. The van der Waals surface area contributed by atoms with Crippen molar-refractivity contribution in [3.05, 3.63) is 12.3 Å². The lowest BCUT2D eigenvalue weighted by Gasteiger charge is -2.32. The van der Waals surface area contributed by atoms with Crippen molar-refractivity contribution in [2.75, 3.05) is 6.61 Å². The van der Waals surface area contributed by atoms with Gasteiger partial charge in [-0.3, -0.25) is 19.2 Å². The summed E-state index contributed by atoms with van der Waals surface area (Å²) in [5.74, 6) is -2.52. The summed E-state index contributed by atoms with van der Waals surface area (Å²) < 4.78 is 25.7. The highest BCUT2D eigenvalue weighted by atomic mass is 16.6. The van der Waals surface area contributed by atoms with E-state index in [9.17, 15) is 19.2 Å². The Hall–Kier alpha value is -2.58. The first kappa shape index (κ1) is 19.5. The van der Waals surface area contributed by atoms with Gasteiger partial charge < -0.3 is 23.7 Å². The van der Waals surface area contributed by atoms with Crippen LogP contribution >= 0.6 is 0 Å². The summed E-state index contributed by atoms with van der Waals surface area (Å²) >= 11 is 0. The molecule has 0 aromatic carbocycles. The Morgan fingerprint density at radius 2 is 1.38 bits per heavy atom. The molecule has 134 valence electrons. The van der Waals surface area contributed by atoms with Crippen molar-refractivity contribution in [3.8, 4) is 0 Å². The molecular weight excluding hydrogens is 324 g/mol. The predicted molar refractivity (Wildman–Crippen MR) is 77.3 cm³/mol. The van der Waals surface area contributed by atoms with Crippen molar-refractivity contribution in [1.82, 2.24) is 0 Å². The quantitative estimate of drug-likeness (QED) is 0.511. The Morgan fingerprint density at radius 1 is 0.833 bits per heavy atom. The van der Waals surface area contributed by atoms with Crippen LogP contribution in [0.4, 0.5) is 0 Å². The molecule has 1 aliphatic rings. The van der Waals surface area contributed by atoms with Gasteiger partial charge in [0.1, 0.15) is 6.61 Å². The number of ether oxygens (including phenoxy) is 5. The van der Waals surface area contributed by atoms with Crippen LogP contribution < -0.4 is 0 Å². The number of esters is 4. The van der Waals surface area contributed by atoms with E-state index in [1.807, 2.05) is 0 Å². The lowest BCUT2D eigenvalue weighted by molar-refractivity contribution is -0.190. The molecular formula is C15H20O9. The van der Waals surface area contributed by atoms with Gasteiger partial charge in [0.2, 0.25) is 0 Å². The molecule has 0 saturated heterocycles. The highest BCUT2D eigenvalue weighted by molar-refractivity contribution is 5.68. The topological polar surface area (TPSA) is 114 Å². The van der Waals surface area contributed by atoms with Crippen molar-refractivity contribution >= 4 is 23.9 Å².